The van der Waals surface area contributed by atoms with Crippen molar-refractivity contribution in [2.45, 2.75) is 6.54 Å². The van der Waals surface area contributed by atoms with Crippen LogP contribution in [0.1, 0.15) is 5.56 Å². The molecule has 0 fully saturated rings. The third-order valence-corrected chi connectivity index (χ3v) is 3.94. The van der Waals surface area contributed by atoms with Crippen LogP contribution in [0.15, 0.2) is 60.9 Å². The number of amides is 1. The molecule has 0 aliphatic carbocycles. The molecule has 0 aliphatic heterocycles. The zero-order valence-electron chi connectivity index (χ0n) is 15.9. The molecule has 150 valence electrons. The quantitative estimate of drug-likeness (QED) is 0.407. The molecule has 0 aliphatic rings. The Kier molecular flexibility index (Phi) is 6.66. The number of carbonyl (C=O) groups is 1. The van der Waals surface area contributed by atoms with Crippen molar-refractivity contribution in [2.75, 3.05) is 30.2 Å². The van der Waals surface area contributed by atoms with Gasteiger partial charge in [0, 0.05) is 6.54 Å². The number of hydrazine groups is 1. The molecule has 0 bridgehead atoms. The number of carbonyl (C=O) groups excluding carboxylic acids is 1. The van der Waals surface area contributed by atoms with Crippen molar-refractivity contribution in [1.29, 1.82) is 0 Å². The number of benzene rings is 2. The number of nitrogen functional groups attached to an aromatic ring is 1. The van der Waals surface area contributed by atoms with Gasteiger partial charge in [-0.1, -0.05) is 30.3 Å². The van der Waals surface area contributed by atoms with Crippen LogP contribution in [0.25, 0.3) is 0 Å². The first-order valence-electron chi connectivity index (χ1n) is 8.85. The minimum atomic E-state index is -0.375. The first kappa shape index (κ1) is 19.7. The van der Waals surface area contributed by atoms with Gasteiger partial charge >= 0.3 is 0 Å². The molecule has 1 amide bonds. The number of hydrogen-bond acceptors (Lipinski definition) is 8. The number of nitrogens with one attached hydrogen (secondary N) is 3. The molecule has 1 heterocycles. The van der Waals surface area contributed by atoms with E-state index in [1.807, 2.05) is 42.5 Å². The Morgan fingerprint density at radius 2 is 1.72 bits per heavy atom. The summed E-state index contributed by atoms with van der Waals surface area (Å²) >= 11 is 0. The lowest BCUT2D eigenvalue weighted by molar-refractivity contribution is -0.122. The Morgan fingerprint density at radius 1 is 1.00 bits per heavy atom. The van der Waals surface area contributed by atoms with Crippen LogP contribution in [0, 0.1) is 0 Å². The molecule has 1 aromatic heterocycles. The summed E-state index contributed by atoms with van der Waals surface area (Å²) in [6, 6.07) is 16.7. The fourth-order valence-electron chi connectivity index (χ4n) is 2.40. The third-order valence-electron chi connectivity index (χ3n) is 3.94. The summed E-state index contributed by atoms with van der Waals surface area (Å²) in [5, 5.41) is 3.15. The van der Waals surface area contributed by atoms with Gasteiger partial charge in [-0.25, -0.2) is 9.97 Å². The van der Waals surface area contributed by atoms with Gasteiger partial charge in [0.2, 0.25) is 0 Å². The van der Waals surface area contributed by atoms with Gasteiger partial charge in [-0.15, -0.1) is 0 Å². The average molecular weight is 394 g/mol. The number of anilines is 3. The molecule has 5 N–H and O–H groups in total. The second-order valence-electron chi connectivity index (χ2n) is 5.96. The Hall–Kier alpha value is -4.01. The Morgan fingerprint density at radius 3 is 2.45 bits per heavy atom. The number of hydrogen-bond donors (Lipinski definition) is 4. The van der Waals surface area contributed by atoms with Crippen LogP contribution in [-0.4, -0.2) is 29.6 Å². The van der Waals surface area contributed by atoms with Crippen molar-refractivity contribution in [1.82, 2.24) is 15.4 Å². The van der Waals surface area contributed by atoms with E-state index in [0.717, 1.165) is 11.3 Å². The monoisotopic (exact) mass is 394 g/mol. The molecule has 0 spiro atoms. The standard InChI is InChI=1S/C20H22N6O3/c1-28-15-9-7-14(8-10-15)11-22-19-18(21)20(24-13-23-19)26-25-17(27)12-29-16-5-3-2-4-6-16/h2-10,13H,11-12,21H2,1H3,(H,25,27)(H2,22,23,24,26). The van der Waals surface area contributed by atoms with Gasteiger partial charge in [0.05, 0.1) is 7.11 Å². The number of para-hydroxylation sites is 1. The van der Waals surface area contributed by atoms with Crippen LogP contribution in [0.2, 0.25) is 0 Å². The van der Waals surface area contributed by atoms with Crippen LogP contribution in [0.4, 0.5) is 17.3 Å². The van der Waals surface area contributed by atoms with E-state index >= 15 is 0 Å². The van der Waals surface area contributed by atoms with E-state index in [2.05, 4.69) is 26.1 Å². The van der Waals surface area contributed by atoms with Gasteiger partial charge in [0.15, 0.2) is 18.2 Å². The molecule has 0 atom stereocenters. The van der Waals surface area contributed by atoms with E-state index in [9.17, 15) is 4.79 Å². The summed E-state index contributed by atoms with van der Waals surface area (Å²) in [4.78, 5) is 20.1. The summed E-state index contributed by atoms with van der Waals surface area (Å²) in [5.74, 6) is 1.75. The normalized spacial score (nSPS) is 10.1. The van der Waals surface area contributed by atoms with Crippen molar-refractivity contribution >= 4 is 23.2 Å². The van der Waals surface area contributed by atoms with Crippen LogP contribution in [0.5, 0.6) is 11.5 Å². The molecule has 0 saturated carbocycles. The minimum Gasteiger partial charge on any atom is -0.497 e. The van der Waals surface area contributed by atoms with E-state index in [1.54, 1.807) is 19.2 Å². The summed E-state index contributed by atoms with van der Waals surface area (Å²) in [6.07, 6.45) is 1.35. The fourth-order valence-corrected chi connectivity index (χ4v) is 2.40. The van der Waals surface area contributed by atoms with Crippen LogP contribution >= 0.6 is 0 Å². The van der Waals surface area contributed by atoms with Gasteiger partial charge in [-0.2, -0.15) is 0 Å². The number of nitrogens with zero attached hydrogens (tertiary/aromatic N) is 2. The van der Waals surface area contributed by atoms with Crippen molar-refractivity contribution in [3.8, 4) is 11.5 Å². The zero-order valence-corrected chi connectivity index (χ0v) is 15.9. The number of rotatable bonds is 9. The fraction of sp³-hybridized carbons (Fsp3) is 0.150. The maximum absolute atomic E-state index is 11.9. The summed E-state index contributed by atoms with van der Waals surface area (Å²) in [6.45, 7) is 0.368. The first-order chi connectivity index (χ1) is 14.2. The van der Waals surface area contributed by atoms with Gasteiger partial charge in [-0.05, 0) is 29.8 Å². The molecule has 3 rings (SSSR count). The topological polar surface area (TPSA) is 123 Å². The Balaban J connectivity index is 1.51. The van der Waals surface area contributed by atoms with E-state index in [4.69, 9.17) is 15.2 Å². The Bertz CT molecular complexity index is 935. The number of ether oxygens (including phenoxy) is 2. The molecule has 29 heavy (non-hydrogen) atoms. The number of nitrogens with two attached hydrogens (primary N) is 1. The van der Waals surface area contributed by atoms with Crippen LogP contribution in [-0.2, 0) is 11.3 Å². The molecule has 0 unspecified atom stereocenters. The van der Waals surface area contributed by atoms with Crippen molar-refractivity contribution in [3.05, 3.63) is 66.5 Å². The predicted octanol–water partition coefficient (Wildman–Crippen LogP) is 2.20. The smallest absolute Gasteiger partial charge is 0.276 e. The van der Waals surface area contributed by atoms with Gasteiger partial charge < -0.3 is 20.5 Å². The van der Waals surface area contributed by atoms with E-state index in [1.165, 1.54) is 6.33 Å². The summed E-state index contributed by atoms with van der Waals surface area (Å²) in [5.41, 5.74) is 12.6. The van der Waals surface area contributed by atoms with Gasteiger partial charge in [0.25, 0.3) is 5.91 Å². The first-order valence-corrected chi connectivity index (χ1v) is 8.85. The van der Waals surface area contributed by atoms with E-state index < -0.39 is 0 Å². The van der Waals surface area contributed by atoms with Crippen molar-refractivity contribution in [3.63, 3.8) is 0 Å². The van der Waals surface area contributed by atoms with Gasteiger partial charge in [-0.3, -0.25) is 15.6 Å². The maximum atomic E-state index is 11.9. The van der Waals surface area contributed by atoms with E-state index in [0.29, 0.717) is 18.1 Å². The zero-order chi connectivity index (χ0) is 20.5. The largest absolute Gasteiger partial charge is 0.497 e. The number of methoxy groups -OCH3 is 1. The minimum absolute atomic E-state index is 0.148. The Labute approximate surface area is 168 Å². The molecule has 0 saturated heterocycles. The van der Waals surface area contributed by atoms with Gasteiger partial charge in [0.1, 0.15) is 23.5 Å². The molecule has 9 nitrogen and oxygen atoms in total. The molecule has 2 aromatic carbocycles. The average Bonchev–Trinajstić information content (AvgIpc) is 2.77. The van der Waals surface area contributed by atoms with Crippen LogP contribution in [0.3, 0.4) is 0 Å². The highest BCUT2D eigenvalue weighted by atomic mass is 16.5. The second-order valence-corrected chi connectivity index (χ2v) is 5.96. The maximum Gasteiger partial charge on any atom is 0.276 e. The highest BCUT2D eigenvalue weighted by Gasteiger charge is 2.09. The number of aromatic nitrogens is 2. The molecule has 0 radical (unpaired) electrons. The van der Waals surface area contributed by atoms with Crippen LogP contribution < -0.4 is 31.4 Å². The lowest BCUT2D eigenvalue weighted by atomic mass is 10.2. The summed E-state index contributed by atoms with van der Waals surface area (Å²) in [7, 11) is 1.62. The lowest BCUT2D eigenvalue weighted by Gasteiger charge is -2.13. The third kappa shape index (κ3) is 5.73. The van der Waals surface area contributed by atoms with E-state index in [-0.39, 0.29) is 24.0 Å². The molecular formula is C20H22N6O3. The molecule has 9 heteroatoms. The highest BCUT2D eigenvalue weighted by molar-refractivity contribution is 5.81. The lowest BCUT2D eigenvalue weighted by Crippen LogP contribution is -2.34. The predicted molar refractivity (Wildman–Crippen MR) is 110 cm³/mol. The second kappa shape index (κ2) is 9.79. The van der Waals surface area contributed by atoms with Crippen molar-refractivity contribution in [2.24, 2.45) is 0 Å². The van der Waals surface area contributed by atoms with Crippen molar-refractivity contribution < 1.29 is 14.3 Å². The molecular weight excluding hydrogens is 372 g/mol. The SMILES string of the molecule is COc1ccc(CNc2ncnc(NNC(=O)COc3ccccc3)c2N)cc1. The highest BCUT2D eigenvalue weighted by Crippen LogP contribution is 2.22. The summed E-state index contributed by atoms with van der Waals surface area (Å²) < 4.78 is 10.5. The molecule has 3 aromatic rings.